The number of aromatic nitrogens is 2. The predicted octanol–water partition coefficient (Wildman–Crippen LogP) is 6.04. The molecule has 0 aliphatic rings. The molecule has 2 N–H and O–H groups in total. The number of aryl methyl sites for hydroxylation is 2. The smallest absolute Gasteiger partial charge is 0.412 e. The van der Waals surface area contributed by atoms with E-state index in [1.165, 1.54) is 59.1 Å². The number of halogens is 3. The van der Waals surface area contributed by atoms with E-state index in [0.717, 1.165) is 15.6 Å². The Balaban J connectivity index is 1.53. The van der Waals surface area contributed by atoms with Gasteiger partial charge in [0.05, 0.1) is 27.7 Å². The highest BCUT2D eigenvalue weighted by Crippen LogP contribution is 2.34. The monoisotopic (exact) mass is 617 g/mol. The second-order valence-corrected chi connectivity index (χ2v) is 11.8. The highest BCUT2D eigenvalue weighted by atomic mass is 32.1. The van der Waals surface area contributed by atoms with Crippen molar-refractivity contribution in [2.75, 3.05) is 32.6 Å². The topological polar surface area (TPSA) is 96.5 Å². The first-order valence-corrected chi connectivity index (χ1v) is 14.6. The van der Waals surface area contributed by atoms with Crippen LogP contribution in [0.1, 0.15) is 38.2 Å². The van der Waals surface area contributed by atoms with Gasteiger partial charge >= 0.3 is 6.18 Å². The molecule has 4 rings (SSSR count). The Kier molecular flexibility index (Phi) is 9.97. The van der Waals surface area contributed by atoms with Crippen LogP contribution in [0.3, 0.4) is 0 Å². The number of nitrogens with zero attached hydrogens (tertiary/aromatic N) is 3. The van der Waals surface area contributed by atoms with E-state index in [9.17, 15) is 22.8 Å². The Hall–Kier alpha value is -3.81. The average molecular weight is 618 g/mol. The maximum absolute atomic E-state index is 13.9. The molecule has 0 bridgehead atoms. The number of rotatable bonds is 11. The highest BCUT2D eigenvalue weighted by molar-refractivity contribution is 7.16. The van der Waals surface area contributed by atoms with Crippen LogP contribution >= 0.6 is 22.7 Å². The zero-order valence-electron chi connectivity index (χ0n) is 23.4. The molecule has 1 atom stereocenters. The number of anilines is 1. The van der Waals surface area contributed by atoms with Crippen molar-refractivity contribution in [3.05, 3.63) is 81.3 Å². The van der Waals surface area contributed by atoms with E-state index in [1.54, 1.807) is 12.1 Å². The second-order valence-electron chi connectivity index (χ2n) is 9.79. The van der Waals surface area contributed by atoms with Gasteiger partial charge in [0.25, 0.3) is 5.91 Å². The molecule has 8 nitrogen and oxygen atoms in total. The van der Waals surface area contributed by atoms with Crippen molar-refractivity contribution in [1.29, 1.82) is 0 Å². The van der Waals surface area contributed by atoms with E-state index in [-0.39, 0.29) is 29.9 Å². The molecule has 0 fully saturated rings. The fraction of sp³-hybridized carbons (Fsp3) is 0.310. The number of hydrogen-bond donors (Lipinski definition) is 2. The summed E-state index contributed by atoms with van der Waals surface area (Å²) in [7, 11) is 3.73. The first kappa shape index (κ1) is 31.1. The summed E-state index contributed by atoms with van der Waals surface area (Å²) in [6.45, 7) is 4.65. The Morgan fingerprint density at radius 3 is 2.45 bits per heavy atom. The average Bonchev–Trinajstić information content (AvgIpc) is 3.51. The summed E-state index contributed by atoms with van der Waals surface area (Å²) in [5, 5.41) is 8.00. The summed E-state index contributed by atoms with van der Waals surface area (Å²) in [5.41, 5.74) is 1.82. The molecule has 0 aliphatic heterocycles. The SMILES string of the molecule is Cc1nc(C)c(-c2csc(NC(=O)Cc3cc(OCCN(C)C)cc(C(=O)N[C@H](c4ccccc4)C(F)(F)F)c3)n2)s1. The van der Waals surface area contributed by atoms with Crippen LogP contribution in [-0.2, 0) is 11.2 Å². The van der Waals surface area contributed by atoms with Gasteiger partial charge in [-0.05, 0) is 57.3 Å². The lowest BCUT2D eigenvalue weighted by Crippen LogP contribution is -2.38. The molecular formula is C29H30F3N5O3S2. The molecule has 42 heavy (non-hydrogen) atoms. The third-order valence-electron chi connectivity index (χ3n) is 6.02. The molecular weight excluding hydrogens is 587 g/mol. The van der Waals surface area contributed by atoms with Crippen molar-refractivity contribution in [3.8, 4) is 16.3 Å². The fourth-order valence-electron chi connectivity index (χ4n) is 4.09. The Morgan fingerprint density at radius 2 is 1.81 bits per heavy atom. The van der Waals surface area contributed by atoms with Crippen LogP contribution in [0, 0.1) is 13.8 Å². The van der Waals surface area contributed by atoms with Gasteiger partial charge in [-0.2, -0.15) is 13.2 Å². The van der Waals surface area contributed by atoms with Crippen LogP contribution < -0.4 is 15.4 Å². The zero-order valence-corrected chi connectivity index (χ0v) is 25.0. The first-order valence-electron chi connectivity index (χ1n) is 12.9. The number of hydrogen-bond acceptors (Lipinski definition) is 8. The van der Waals surface area contributed by atoms with Gasteiger partial charge in [-0.25, -0.2) is 9.97 Å². The summed E-state index contributed by atoms with van der Waals surface area (Å²) in [5.74, 6) is -1.08. The predicted molar refractivity (Wildman–Crippen MR) is 158 cm³/mol. The van der Waals surface area contributed by atoms with Crippen molar-refractivity contribution >= 4 is 39.6 Å². The fourth-order valence-corrected chi connectivity index (χ4v) is 5.76. The number of alkyl halides is 3. The van der Waals surface area contributed by atoms with Crippen molar-refractivity contribution in [2.45, 2.75) is 32.5 Å². The number of carbonyl (C=O) groups excluding carboxylic acids is 2. The van der Waals surface area contributed by atoms with E-state index in [1.807, 2.05) is 38.2 Å². The minimum Gasteiger partial charge on any atom is -0.492 e. The van der Waals surface area contributed by atoms with Crippen LogP contribution in [0.5, 0.6) is 5.75 Å². The number of amides is 2. The summed E-state index contributed by atoms with van der Waals surface area (Å²) < 4.78 is 47.5. The van der Waals surface area contributed by atoms with Crippen molar-refractivity contribution in [3.63, 3.8) is 0 Å². The normalized spacial score (nSPS) is 12.3. The van der Waals surface area contributed by atoms with Crippen LogP contribution in [0.2, 0.25) is 0 Å². The largest absolute Gasteiger partial charge is 0.492 e. The summed E-state index contributed by atoms with van der Waals surface area (Å²) in [4.78, 5) is 37.8. The lowest BCUT2D eigenvalue weighted by Gasteiger charge is -2.22. The quantitative estimate of drug-likeness (QED) is 0.213. The van der Waals surface area contributed by atoms with Crippen molar-refractivity contribution < 1.29 is 27.5 Å². The Bertz CT molecular complexity index is 1540. The highest BCUT2D eigenvalue weighted by Gasteiger charge is 2.42. The van der Waals surface area contributed by atoms with Gasteiger partial charge in [0, 0.05) is 17.5 Å². The van der Waals surface area contributed by atoms with Gasteiger partial charge in [-0.15, -0.1) is 22.7 Å². The van der Waals surface area contributed by atoms with Gasteiger partial charge < -0.3 is 20.3 Å². The van der Waals surface area contributed by atoms with Gasteiger partial charge in [-0.1, -0.05) is 30.3 Å². The molecule has 0 saturated carbocycles. The minimum atomic E-state index is -4.72. The number of carbonyl (C=O) groups is 2. The van der Waals surface area contributed by atoms with Gasteiger partial charge in [0.2, 0.25) is 5.91 Å². The van der Waals surface area contributed by atoms with Crippen molar-refractivity contribution in [2.24, 2.45) is 0 Å². The molecule has 2 aromatic carbocycles. The van der Waals surface area contributed by atoms with Crippen LogP contribution in [-0.4, -0.2) is 60.1 Å². The Labute approximate surface area is 249 Å². The lowest BCUT2D eigenvalue weighted by atomic mass is 10.0. The second kappa shape index (κ2) is 13.4. The van der Waals surface area contributed by atoms with E-state index in [2.05, 4.69) is 20.6 Å². The third-order valence-corrected chi connectivity index (χ3v) is 7.88. The Morgan fingerprint density at radius 1 is 1.07 bits per heavy atom. The molecule has 0 saturated heterocycles. The molecule has 0 aliphatic carbocycles. The van der Waals surface area contributed by atoms with Crippen LogP contribution in [0.25, 0.3) is 10.6 Å². The number of thiazole rings is 2. The molecule has 2 aromatic heterocycles. The number of ether oxygens (including phenoxy) is 1. The standard InChI is InChI=1S/C29H30F3N5O3S2/c1-17-25(42-18(2)33-17)23-16-41-28(34-23)35-24(38)14-19-12-21(15-22(13-19)40-11-10-37(3)4)27(39)36-26(29(30,31)32)20-8-6-5-7-9-20/h5-9,12-13,15-16,26H,10-11,14H2,1-4H3,(H,36,39)(H,34,35,38)/t26-/m1/s1. The van der Waals surface area contributed by atoms with Gasteiger partial charge in [0.1, 0.15) is 12.4 Å². The molecule has 13 heteroatoms. The van der Waals surface area contributed by atoms with Crippen molar-refractivity contribution in [1.82, 2.24) is 20.2 Å². The number of nitrogens with one attached hydrogen (secondary N) is 2. The molecule has 2 heterocycles. The number of likely N-dealkylation sites (N-methyl/N-ethyl adjacent to an activating group) is 1. The van der Waals surface area contributed by atoms with E-state index < -0.39 is 24.0 Å². The molecule has 0 radical (unpaired) electrons. The van der Waals surface area contributed by atoms with E-state index >= 15 is 0 Å². The summed E-state index contributed by atoms with van der Waals surface area (Å²) in [6, 6.07) is 9.30. The molecule has 222 valence electrons. The maximum Gasteiger partial charge on any atom is 0.412 e. The van der Waals surface area contributed by atoms with Gasteiger partial charge in [-0.3, -0.25) is 9.59 Å². The molecule has 0 unspecified atom stereocenters. The van der Waals surface area contributed by atoms with Gasteiger partial charge in [0.15, 0.2) is 11.2 Å². The molecule has 0 spiro atoms. The van der Waals surface area contributed by atoms with E-state index in [0.29, 0.717) is 22.9 Å². The number of benzene rings is 2. The molecule has 4 aromatic rings. The lowest BCUT2D eigenvalue weighted by molar-refractivity contribution is -0.155. The van der Waals surface area contributed by atoms with Crippen LogP contribution in [0.4, 0.5) is 18.3 Å². The first-order chi connectivity index (χ1) is 19.9. The molecule has 2 amide bonds. The van der Waals surface area contributed by atoms with E-state index in [4.69, 9.17) is 4.74 Å². The zero-order chi connectivity index (χ0) is 30.4. The maximum atomic E-state index is 13.9. The summed E-state index contributed by atoms with van der Waals surface area (Å²) >= 11 is 2.78. The summed E-state index contributed by atoms with van der Waals surface area (Å²) in [6.07, 6.45) is -4.87. The minimum absolute atomic E-state index is 0.0575. The van der Waals surface area contributed by atoms with Crippen LogP contribution in [0.15, 0.2) is 53.9 Å². The third kappa shape index (κ3) is 8.37.